The Morgan fingerprint density at radius 2 is 1.95 bits per heavy atom. The normalized spacial score (nSPS) is 12.1. The summed E-state index contributed by atoms with van der Waals surface area (Å²) in [6.45, 7) is 8.91. The zero-order chi connectivity index (χ0) is 15.3. The van der Waals surface area contributed by atoms with Crippen molar-refractivity contribution in [2.24, 2.45) is 5.92 Å². The number of sulfonamides is 1. The van der Waals surface area contributed by atoms with Gasteiger partial charge in [-0.25, -0.2) is 8.42 Å². The average molecular weight is 300 g/mol. The van der Waals surface area contributed by atoms with E-state index in [1.807, 2.05) is 27.7 Å². The second-order valence-corrected chi connectivity index (χ2v) is 6.90. The molecule has 0 spiro atoms. The molecule has 5 nitrogen and oxygen atoms in total. The van der Waals surface area contributed by atoms with Crippen molar-refractivity contribution in [2.75, 3.05) is 25.4 Å². The molecular formula is C14H24N2O3S. The number of nitrogen functional groups attached to an aromatic ring is 1. The highest BCUT2D eigenvalue weighted by molar-refractivity contribution is 7.89. The Bertz CT molecular complexity index is 541. The Morgan fingerprint density at radius 1 is 1.30 bits per heavy atom. The van der Waals surface area contributed by atoms with E-state index in [1.54, 1.807) is 12.1 Å². The summed E-state index contributed by atoms with van der Waals surface area (Å²) in [5.41, 5.74) is 6.13. The minimum Gasteiger partial charge on any atom is -0.492 e. The number of benzene rings is 1. The van der Waals surface area contributed by atoms with Crippen molar-refractivity contribution in [2.45, 2.75) is 32.6 Å². The van der Waals surface area contributed by atoms with E-state index in [4.69, 9.17) is 10.5 Å². The fraction of sp³-hybridized carbons (Fsp3) is 0.571. The van der Waals surface area contributed by atoms with Gasteiger partial charge in [0.2, 0.25) is 10.0 Å². The summed E-state index contributed by atoms with van der Waals surface area (Å²) in [5, 5.41) is 0. The lowest BCUT2D eigenvalue weighted by Crippen LogP contribution is -2.34. The molecule has 0 bridgehead atoms. The second kappa shape index (κ2) is 6.95. The van der Waals surface area contributed by atoms with Gasteiger partial charge < -0.3 is 10.5 Å². The Labute approximate surface area is 121 Å². The molecule has 0 aliphatic carbocycles. The Hall–Kier alpha value is -1.27. The monoisotopic (exact) mass is 300 g/mol. The summed E-state index contributed by atoms with van der Waals surface area (Å²) < 4.78 is 32.3. The Kier molecular flexibility index (Phi) is 5.83. The summed E-state index contributed by atoms with van der Waals surface area (Å²) in [7, 11) is -3.59. The van der Waals surface area contributed by atoms with Crippen molar-refractivity contribution in [1.82, 2.24) is 4.31 Å². The van der Waals surface area contributed by atoms with E-state index in [-0.39, 0.29) is 10.8 Å². The average Bonchev–Trinajstić information content (AvgIpc) is 2.37. The van der Waals surface area contributed by atoms with Crippen molar-refractivity contribution >= 4 is 15.7 Å². The Balaban J connectivity index is 3.28. The highest BCUT2D eigenvalue weighted by Crippen LogP contribution is 2.29. The number of nitrogens with two attached hydrogens (primary N) is 1. The molecule has 0 radical (unpaired) electrons. The number of rotatable bonds is 7. The molecule has 0 fully saturated rings. The van der Waals surface area contributed by atoms with Crippen LogP contribution in [0.5, 0.6) is 5.75 Å². The van der Waals surface area contributed by atoms with Gasteiger partial charge in [-0.15, -0.1) is 0 Å². The first kappa shape index (κ1) is 16.8. The van der Waals surface area contributed by atoms with Gasteiger partial charge in [0.1, 0.15) is 10.6 Å². The van der Waals surface area contributed by atoms with Crippen LogP contribution in [0.25, 0.3) is 0 Å². The maximum absolute atomic E-state index is 12.7. The molecule has 0 saturated carbocycles. The summed E-state index contributed by atoms with van der Waals surface area (Å²) in [5.74, 6) is 0.602. The number of anilines is 1. The van der Waals surface area contributed by atoms with E-state index < -0.39 is 10.0 Å². The van der Waals surface area contributed by atoms with Crippen molar-refractivity contribution in [3.63, 3.8) is 0 Å². The molecule has 0 amide bonds. The fourth-order valence-corrected chi connectivity index (χ4v) is 3.72. The first-order chi connectivity index (χ1) is 9.32. The molecule has 0 aromatic heterocycles. The summed E-state index contributed by atoms with van der Waals surface area (Å²) >= 11 is 0. The van der Waals surface area contributed by atoms with Crippen LogP contribution in [-0.4, -0.2) is 32.4 Å². The van der Waals surface area contributed by atoms with E-state index in [2.05, 4.69) is 0 Å². The van der Waals surface area contributed by atoms with Gasteiger partial charge in [-0.2, -0.15) is 4.31 Å². The molecular weight excluding hydrogens is 276 g/mol. The zero-order valence-electron chi connectivity index (χ0n) is 12.6. The maximum atomic E-state index is 12.7. The molecule has 0 aliphatic rings. The van der Waals surface area contributed by atoms with E-state index in [0.29, 0.717) is 31.1 Å². The lowest BCUT2D eigenvalue weighted by Gasteiger charge is -2.23. The maximum Gasteiger partial charge on any atom is 0.246 e. The predicted molar refractivity (Wildman–Crippen MR) is 81.3 cm³/mol. The first-order valence-corrected chi connectivity index (χ1v) is 8.29. The molecule has 0 aliphatic heterocycles. The zero-order valence-corrected chi connectivity index (χ0v) is 13.4. The van der Waals surface area contributed by atoms with Gasteiger partial charge in [-0.05, 0) is 31.0 Å². The molecule has 114 valence electrons. The largest absolute Gasteiger partial charge is 0.492 e. The number of ether oxygens (including phenoxy) is 1. The van der Waals surface area contributed by atoms with E-state index in [9.17, 15) is 8.42 Å². The highest BCUT2D eigenvalue weighted by Gasteiger charge is 2.27. The molecule has 1 aromatic rings. The predicted octanol–water partition coefficient (Wildman–Crippen LogP) is 2.33. The third-order valence-electron chi connectivity index (χ3n) is 2.81. The van der Waals surface area contributed by atoms with Gasteiger partial charge >= 0.3 is 0 Å². The van der Waals surface area contributed by atoms with Crippen LogP contribution in [0.1, 0.15) is 27.7 Å². The van der Waals surface area contributed by atoms with E-state index in [1.165, 1.54) is 10.4 Å². The van der Waals surface area contributed by atoms with Crippen molar-refractivity contribution in [1.29, 1.82) is 0 Å². The minimum absolute atomic E-state index is 0.141. The van der Waals surface area contributed by atoms with Gasteiger partial charge in [0.05, 0.1) is 6.61 Å². The van der Waals surface area contributed by atoms with Gasteiger partial charge in [-0.1, -0.05) is 20.8 Å². The topological polar surface area (TPSA) is 72.6 Å². The molecule has 1 rings (SSSR count). The number of hydrogen-bond acceptors (Lipinski definition) is 4. The molecule has 0 unspecified atom stereocenters. The molecule has 0 atom stereocenters. The standard InChI is InChI=1S/C14H24N2O3S/c1-5-16(10-11(3)4)20(17,18)14-9-12(15)7-8-13(14)19-6-2/h7-9,11H,5-6,10,15H2,1-4H3. The van der Waals surface area contributed by atoms with Crippen molar-refractivity contribution in [3.8, 4) is 5.75 Å². The molecule has 1 aromatic carbocycles. The lowest BCUT2D eigenvalue weighted by atomic mass is 10.2. The molecule has 0 heterocycles. The van der Waals surface area contributed by atoms with Gasteiger partial charge in [0, 0.05) is 18.8 Å². The third kappa shape index (κ3) is 3.86. The highest BCUT2D eigenvalue weighted by atomic mass is 32.2. The van der Waals surface area contributed by atoms with E-state index >= 15 is 0 Å². The SMILES string of the molecule is CCOc1ccc(N)cc1S(=O)(=O)N(CC)CC(C)C. The lowest BCUT2D eigenvalue weighted by molar-refractivity contribution is 0.327. The number of nitrogens with zero attached hydrogens (tertiary/aromatic N) is 1. The van der Waals surface area contributed by atoms with Crippen molar-refractivity contribution in [3.05, 3.63) is 18.2 Å². The van der Waals surface area contributed by atoms with E-state index in [0.717, 1.165) is 0 Å². The third-order valence-corrected chi connectivity index (χ3v) is 4.77. The minimum atomic E-state index is -3.59. The number of hydrogen-bond donors (Lipinski definition) is 1. The smallest absolute Gasteiger partial charge is 0.246 e. The quantitative estimate of drug-likeness (QED) is 0.784. The second-order valence-electron chi connectivity index (χ2n) is 4.99. The van der Waals surface area contributed by atoms with Crippen LogP contribution in [0.15, 0.2) is 23.1 Å². The molecule has 6 heteroatoms. The van der Waals surface area contributed by atoms with Crippen LogP contribution in [0.4, 0.5) is 5.69 Å². The van der Waals surface area contributed by atoms with Crippen molar-refractivity contribution < 1.29 is 13.2 Å². The van der Waals surface area contributed by atoms with Crippen LogP contribution < -0.4 is 10.5 Å². The molecule has 20 heavy (non-hydrogen) atoms. The van der Waals surface area contributed by atoms with Crippen LogP contribution >= 0.6 is 0 Å². The van der Waals surface area contributed by atoms with Crippen LogP contribution in [0.2, 0.25) is 0 Å². The van der Waals surface area contributed by atoms with Gasteiger partial charge in [0.25, 0.3) is 0 Å². The molecule has 2 N–H and O–H groups in total. The first-order valence-electron chi connectivity index (χ1n) is 6.85. The summed E-state index contributed by atoms with van der Waals surface area (Å²) in [4.78, 5) is 0.141. The van der Waals surface area contributed by atoms with Gasteiger partial charge in [-0.3, -0.25) is 0 Å². The Morgan fingerprint density at radius 3 is 2.45 bits per heavy atom. The van der Waals surface area contributed by atoms with Crippen LogP contribution in [0, 0.1) is 5.92 Å². The fourth-order valence-electron chi connectivity index (χ4n) is 1.94. The van der Waals surface area contributed by atoms with Crippen LogP contribution in [-0.2, 0) is 10.0 Å². The summed E-state index contributed by atoms with van der Waals surface area (Å²) in [6, 6.07) is 4.71. The van der Waals surface area contributed by atoms with Gasteiger partial charge in [0.15, 0.2) is 0 Å². The molecule has 0 saturated heterocycles. The summed E-state index contributed by atoms with van der Waals surface area (Å²) in [6.07, 6.45) is 0. The van der Waals surface area contributed by atoms with Crippen LogP contribution in [0.3, 0.4) is 0 Å².